The Balaban J connectivity index is 2.42. The lowest BCUT2D eigenvalue weighted by atomic mass is 9.87. The Morgan fingerprint density at radius 1 is 1.39 bits per heavy atom. The summed E-state index contributed by atoms with van der Waals surface area (Å²) in [5.74, 6) is 0.238. The summed E-state index contributed by atoms with van der Waals surface area (Å²) >= 11 is 0. The molecule has 4 nitrogen and oxygen atoms in total. The van der Waals surface area contributed by atoms with Gasteiger partial charge in [0.2, 0.25) is 5.91 Å². The first-order chi connectivity index (χ1) is 8.31. The van der Waals surface area contributed by atoms with Gasteiger partial charge in [0.1, 0.15) is 0 Å². The quantitative estimate of drug-likeness (QED) is 0.796. The molecule has 0 bridgehead atoms. The Kier molecular flexibility index (Phi) is 5.60. The number of amides is 1. The fraction of sp³-hybridized carbons (Fsp3) is 0.929. The highest BCUT2D eigenvalue weighted by molar-refractivity contribution is 5.79. The second-order valence-electron chi connectivity index (χ2n) is 6.73. The van der Waals surface area contributed by atoms with Crippen LogP contribution in [0.5, 0.6) is 0 Å². The highest BCUT2D eigenvalue weighted by Gasteiger charge is 2.26. The molecule has 0 spiro atoms. The molecule has 1 fully saturated rings. The van der Waals surface area contributed by atoms with E-state index >= 15 is 0 Å². The molecule has 1 atom stereocenters. The van der Waals surface area contributed by atoms with Gasteiger partial charge in [-0.2, -0.15) is 0 Å². The van der Waals surface area contributed by atoms with Crippen LogP contribution in [0.25, 0.3) is 0 Å². The first-order valence-electron chi connectivity index (χ1n) is 6.91. The smallest absolute Gasteiger partial charge is 0.223 e. The van der Waals surface area contributed by atoms with Crippen LogP contribution in [0.3, 0.4) is 0 Å². The molecule has 18 heavy (non-hydrogen) atoms. The van der Waals surface area contributed by atoms with Gasteiger partial charge in [-0.3, -0.25) is 4.79 Å². The van der Waals surface area contributed by atoms with Crippen molar-refractivity contribution in [3.63, 3.8) is 0 Å². The van der Waals surface area contributed by atoms with Gasteiger partial charge in [-0.05, 0) is 44.8 Å². The van der Waals surface area contributed by atoms with Gasteiger partial charge in [-0.25, -0.2) is 0 Å². The summed E-state index contributed by atoms with van der Waals surface area (Å²) in [7, 11) is 2.09. The third kappa shape index (κ3) is 5.36. The monoisotopic (exact) mass is 256 g/mol. The van der Waals surface area contributed by atoms with Crippen molar-refractivity contribution in [3.05, 3.63) is 0 Å². The van der Waals surface area contributed by atoms with Crippen molar-refractivity contribution in [3.8, 4) is 0 Å². The number of carbonyl (C=O) groups excluding carboxylic acids is 1. The number of piperidine rings is 1. The maximum Gasteiger partial charge on any atom is 0.223 e. The lowest BCUT2D eigenvalue weighted by Crippen LogP contribution is -2.45. The van der Waals surface area contributed by atoms with Crippen LogP contribution in [0.4, 0.5) is 0 Å². The Labute approximate surface area is 111 Å². The van der Waals surface area contributed by atoms with Gasteiger partial charge in [-0.15, -0.1) is 0 Å². The molecule has 2 N–H and O–H groups in total. The second kappa shape index (κ2) is 6.53. The van der Waals surface area contributed by atoms with Crippen molar-refractivity contribution in [2.24, 2.45) is 11.3 Å². The minimum absolute atomic E-state index is 0.0234. The molecular formula is C14H28N2O2. The fourth-order valence-electron chi connectivity index (χ4n) is 2.49. The highest BCUT2D eigenvalue weighted by Crippen LogP contribution is 2.22. The van der Waals surface area contributed by atoms with Crippen LogP contribution in [-0.2, 0) is 4.79 Å². The maximum absolute atomic E-state index is 12.1. The standard InChI is InChI=1S/C14H28N2O2/c1-14(2,3)9-12(10-17)15-13(18)11-5-7-16(4)8-6-11/h11-12,17H,5-10H2,1-4H3,(H,15,18). The van der Waals surface area contributed by atoms with Gasteiger partial charge < -0.3 is 15.3 Å². The zero-order valence-corrected chi connectivity index (χ0v) is 12.2. The van der Waals surface area contributed by atoms with Crippen LogP contribution in [0.15, 0.2) is 0 Å². The molecular weight excluding hydrogens is 228 g/mol. The predicted molar refractivity (Wildman–Crippen MR) is 73.3 cm³/mol. The molecule has 1 amide bonds. The molecule has 1 aliphatic rings. The van der Waals surface area contributed by atoms with Crippen LogP contribution in [0.2, 0.25) is 0 Å². The highest BCUT2D eigenvalue weighted by atomic mass is 16.3. The van der Waals surface area contributed by atoms with Gasteiger partial charge in [0.05, 0.1) is 12.6 Å². The van der Waals surface area contributed by atoms with Gasteiger partial charge >= 0.3 is 0 Å². The van der Waals surface area contributed by atoms with Crippen molar-refractivity contribution < 1.29 is 9.90 Å². The van der Waals surface area contributed by atoms with Crippen molar-refractivity contribution in [1.82, 2.24) is 10.2 Å². The average Bonchev–Trinajstić information content (AvgIpc) is 2.27. The minimum atomic E-state index is -0.114. The number of aliphatic hydroxyl groups is 1. The molecule has 0 radical (unpaired) electrons. The van der Waals surface area contributed by atoms with E-state index in [9.17, 15) is 9.90 Å². The molecule has 0 aromatic rings. The SMILES string of the molecule is CN1CCC(C(=O)NC(CO)CC(C)(C)C)CC1. The lowest BCUT2D eigenvalue weighted by molar-refractivity contribution is -0.127. The van der Waals surface area contributed by atoms with E-state index < -0.39 is 0 Å². The van der Waals surface area contributed by atoms with Crippen LogP contribution in [-0.4, -0.2) is 48.7 Å². The number of likely N-dealkylation sites (tertiary alicyclic amines) is 1. The van der Waals surface area contributed by atoms with Crippen molar-refractivity contribution >= 4 is 5.91 Å². The Bertz CT molecular complexity index is 265. The molecule has 4 heteroatoms. The van der Waals surface area contributed by atoms with E-state index in [-0.39, 0.29) is 29.9 Å². The van der Waals surface area contributed by atoms with E-state index in [1.807, 2.05) is 0 Å². The Hall–Kier alpha value is -0.610. The van der Waals surface area contributed by atoms with E-state index in [2.05, 4.69) is 38.0 Å². The lowest BCUT2D eigenvalue weighted by Gasteiger charge is -2.31. The van der Waals surface area contributed by atoms with Crippen LogP contribution in [0.1, 0.15) is 40.0 Å². The van der Waals surface area contributed by atoms with Crippen LogP contribution in [0, 0.1) is 11.3 Å². The first-order valence-corrected chi connectivity index (χ1v) is 6.91. The third-order valence-electron chi connectivity index (χ3n) is 3.51. The van der Waals surface area contributed by atoms with Gasteiger partial charge in [0.25, 0.3) is 0 Å². The molecule has 0 aromatic heterocycles. The zero-order chi connectivity index (χ0) is 13.8. The number of nitrogens with zero attached hydrogens (tertiary/aromatic N) is 1. The van der Waals surface area contributed by atoms with Crippen molar-refractivity contribution in [2.45, 2.75) is 46.1 Å². The molecule has 0 saturated carbocycles. The van der Waals surface area contributed by atoms with E-state index in [1.165, 1.54) is 0 Å². The zero-order valence-electron chi connectivity index (χ0n) is 12.2. The summed E-state index contributed by atoms with van der Waals surface area (Å²) in [6.45, 7) is 8.37. The maximum atomic E-state index is 12.1. The molecule has 1 aliphatic heterocycles. The Morgan fingerprint density at radius 3 is 2.39 bits per heavy atom. The molecule has 0 aliphatic carbocycles. The third-order valence-corrected chi connectivity index (χ3v) is 3.51. The van der Waals surface area contributed by atoms with Crippen LogP contribution >= 0.6 is 0 Å². The normalized spacial score (nSPS) is 20.7. The summed E-state index contributed by atoms with van der Waals surface area (Å²) < 4.78 is 0. The summed E-state index contributed by atoms with van der Waals surface area (Å²) in [4.78, 5) is 14.4. The molecule has 1 rings (SSSR count). The number of rotatable bonds is 4. The van der Waals surface area contributed by atoms with E-state index in [1.54, 1.807) is 0 Å². The summed E-state index contributed by atoms with van der Waals surface area (Å²) in [6.07, 6.45) is 2.66. The second-order valence-corrected chi connectivity index (χ2v) is 6.73. The molecule has 106 valence electrons. The first kappa shape index (κ1) is 15.4. The molecule has 1 unspecified atom stereocenters. The number of hydrogen-bond donors (Lipinski definition) is 2. The summed E-state index contributed by atoms with van der Waals surface area (Å²) in [5, 5.41) is 12.4. The summed E-state index contributed by atoms with van der Waals surface area (Å²) in [6, 6.07) is -0.114. The minimum Gasteiger partial charge on any atom is -0.394 e. The number of nitrogens with one attached hydrogen (secondary N) is 1. The Morgan fingerprint density at radius 2 is 1.94 bits per heavy atom. The number of aliphatic hydroxyl groups excluding tert-OH is 1. The topological polar surface area (TPSA) is 52.6 Å². The summed E-state index contributed by atoms with van der Waals surface area (Å²) in [5.41, 5.74) is 0.119. The van der Waals surface area contributed by atoms with Gasteiger partial charge in [-0.1, -0.05) is 20.8 Å². The van der Waals surface area contributed by atoms with E-state index in [0.29, 0.717) is 0 Å². The van der Waals surface area contributed by atoms with Gasteiger partial charge in [0, 0.05) is 5.92 Å². The largest absolute Gasteiger partial charge is 0.394 e. The predicted octanol–water partition coefficient (Wildman–Crippen LogP) is 1.24. The fourth-order valence-corrected chi connectivity index (χ4v) is 2.49. The number of carbonyl (C=O) groups is 1. The average molecular weight is 256 g/mol. The van der Waals surface area contributed by atoms with Crippen LogP contribution < -0.4 is 5.32 Å². The van der Waals surface area contributed by atoms with E-state index in [0.717, 1.165) is 32.4 Å². The van der Waals surface area contributed by atoms with Gasteiger partial charge in [0.15, 0.2) is 0 Å². The molecule has 0 aromatic carbocycles. The number of hydrogen-bond acceptors (Lipinski definition) is 3. The van der Waals surface area contributed by atoms with E-state index in [4.69, 9.17) is 0 Å². The van der Waals surface area contributed by atoms with Crippen molar-refractivity contribution in [1.29, 1.82) is 0 Å². The van der Waals surface area contributed by atoms with Crippen molar-refractivity contribution in [2.75, 3.05) is 26.7 Å². The molecule has 1 heterocycles. The molecule has 1 saturated heterocycles.